The second-order valence-electron chi connectivity index (χ2n) is 20.2. The largest absolute Gasteiger partial charge is 1.00 e. The van der Waals surface area contributed by atoms with Gasteiger partial charge in [0.2, 0.25) is 0 Å². The molecule has 1 aliphatic carbocycles. The van der Waals surface area contributed by atoms with Gasteiger partial charge < -0.3 is 24.8 Å². The van der Waals surface area contributed by atoms with Crippen LogP contribution in [0.1, 0.15) is 99.9 Å². The van der Waals surface area contributed by atoms with E-state index in [-0.39, 0.29) is 35.6 Å². The molecule has 10 rings (SSSR count). The molecule has 72 heavy (non-hydrogen) atoms. The van der Waals surface area contributed by atoms with Crippen molar-refractivity contribution < 1.29 is 49.0 Å². The van der Waals surface area contributed by atoms with Crippen molar-refractivity contribution in [3.8, 4) is 55.6 Å². The zero-order valence-electron chi connectivity index (χ0n) is 42.6. The van der Waals surface area contributed by atoms with Gasteiger partial charge in [0.1, 0.15) is 0 Å². The molecule has 5 heteroatoms. The molecule has 0 heterocycles. The maximum atomic E-state index is 6.60. The number of halogens is 4. The van der Waals surface area contributed by atoms with Gasteiger partial charge in [-0.15, -0.1) is 28.8 Å². The summed E-state index contributed by atoms with van der Waals surface area (Å²) in [5, 5.41) is 1.52. The molecule has 0 aromatic heterocycles. The van der Waals surface area contributed by atoms with Crippen molar-refractivity contribution in [1.29, 1.82) is 0 Å². The van der Waals surface area contributed by atoms with Crippen molar-refractivity contribution in [3.05, 3.63) is 255 Å². The first kappa shape index (κ1) is 56.3. The van der Waals surface area contributed by atoms with E-state index in [1.54, 1.807) is 0 Å². The van der Waals surface area contributed by atoms with Crippen LogP contribution in [0.25, 0.3) is 55.6 Å². The molecule has 9 aromatic rings. The summed E-state index contributed by atoms with van der Waals surface area (Å²) in [6, 6.07) is 72.3. The molecule has 0 amide bonds. The molecule has 0 fully saturated rings. The monoisotopic (exact) mass is 1100 g/mol. The number of hydrogen-bond donors (Lipinski definition) is 0. The molecule has 0 atom stereocenters. The number of benzene rings is 8. The third-order valence-electron chi connectivity index (χ3n) is 13.3. The molecule has 1 aliphatic rings. The van der Waals surface area contributed by atoms with Crippen LogP contribution in [0, 0.1) is 6.07 Å². The minimum Gasteiger partial charge on any atom is -1.00 e. The summed E-state index contributed by atoms with van der Waals surface area (Å²) >= 11 is 14.5. The fourth-order valence-corrected chi connectivity index (χ4v) is 10.9. The Bertz CT molecular complexity index is 3020. The summed E-state index contributed by atoms with van der Waals surface area (Å²) in [4.78, 5) is 0. The quantitative estimate of drug-likeness (QED) is 0.133. The van der Waals surface area contributed by atoms with Crippen LogP contribution >= 0.6 is 23.2 Å². The smallest absolute Gasteiger partial charge is 0.172 e. The van der Waals surface area contributed by atoms with Crippen LogP contribution in [0.15, 0.2) is 194 Å². The van der Waals surface area contributed by atoms with Crippen molar-refractivity contribution in [2.45, 2.75) is 85.5 Å². The van der Waals surface area contributed by atoms with E-state index in [4.69, 9.17) is 23.2 Å². The van der Waals surface area contributed by atoms with Crippen molar-refractivity contribution in [1.82, 2.24) is 0 Å². The summed E-state index contributed by atoms with van der Waals surface area (Å²) in [5.74, 6) is 0. The van der Waals surface area contributed by atoms with Gasteiger partial charge in [0, 0.05) is 0 Å². The molecule has 0 unspecified atom stereocenters. The Hall–Kier alpha value is -4.98. The predicted octanol–water partition coefficient (Wildman–Crippen LogP) is 13.0. The van der Waals surface area contributed by atoms with Gasteiger partial charge in [-0.25, -0.2) is 12.1 Å². The SMILES string of the molecule is CCc1ccccc1-c1[c-]c2c(cc1C(C)(C)C)-c1cc(C(C)(C)C)c(-c3ccccc3CC)cc1C2.Clc1cc([C](=[Zr+2])c2ccc(-c3ccccc3)c(Cl)c2)ccc1-c1ccccc1.[Cl-].[Cl-].c1cc[cH-]c1. The summed E-state index contributed by atoms with van der Waals surface area (Å²) in [7, 11) is 0. The average Bonchev–Trinajstić information content (AvgIpc) is 4.08. The number of fused-ring (bicyclic) bond motifs is 3. The van der Waals surface area contributed by atoms with E-state index in [9.17, 15) is 0 Å². The van der Waals surface area contributed by atoms with Crippen LogP contribution in [0.3, 0.4) is 0 Å². The molecule has 0 aliphatic heterocycles. The summed E-state index contributed by atoms with van der Waals surface area (Å²) in [6.45, 7) is 18.6. The molecular formula is C67H62Cl4Zr-2. The average molecular weight is 1100 g/mol. The maximum absolute atomic E-state index is 6.60. The van der Waals surface area contributed by atoms with E-state index in [1.165, 1.54) is 94.2 Å². The molecule has 0 radical (unpaired) electrons. The van der Waals surface area contributed by atoms with E-state index >= 15 is 0 Å². The zero-order valence-corrected chi connectivity index (χ0v) is 48.1. The van der Waals surface area contributed by atoms with E-state index in [0.717, 1.165) is 62.7 Å². The van der Waals surface area contributed by atoms with Crippen molar-refractivity contribution >= 4 is 26.4 Å². The molecule has 0 bridgehead atoms. The number of rotatable bonds is 8. The third-order valence-corrected chi connectivity index (χ3v) is 15.3. The van der Waals surface area contributed by atoms with Crippen LogP contribution in [0.4, 0.5) is 0 Å². The first-order chi connectivity index (χ1) is 33.7. The van der Waals surface area contributed by atoms with Gasteiger partial charge >= 0.3 is 191 Å². The normalized spacial score (nSPS) is 11.4. The van der Waals surface area contributed by atoms with Crippen LogP contribution in [-0.2, 0) is 54.3 Å². The summed E-state index contributed by atoms with van der Waals surface area (Å²) in [5.41, 5.74) is 23.2. The predicted molar refractivity (Wildman–Crippen MR) is 300 cm³/mol. The van der Waals surface area contributed by atoms with Crippen molar-refractivity contribution in [3.63, 3.8) is 0 Å². The molecule has 9 aromatic carbocycles. The van der Waals surface area contributed by atoms with Gasteiger partial charge in [0.15, 0.2) is 0 Å². The Labute approximate surface area is 467 Å². The van der Waals surface area contributed by atoms with Crippen LogP contribution in [0.5, 0.6) is 0 Å². The molecular weight excluding hydrogens is 1040 g/mol. The third kappa shape index (κ3) is 12.8. The van der Waals surface area contributed by atoms with Crippen LogP contribution in [-0.4, -0.2) is 3.21 Å². The van der Waals surface area contributed by atoms with Gasteiger partial charge in [-0.2, -0.15) is 18.2 Å². The van der Waals surface area contributed by atoms with Crippen molar-refractivity contribution in [2.24, 2.45) is 0 Å². The Balaban J connectivity index is 0.000000215. The topological polar surface area (TPSA) is 0 Å². The summed E-state index contributed by atoms with van der Waals surface area (Å²) < 4.78 is 1.23. The minimum atomic E-state index is 0. The van der Waals surface area contributed by atoms with E-state index in [2.05, 4.69) is 177 Å². The first-order valence-electron chi connectivity index (χ1n) is 24.6. The van der Waals surface area contributed by atoms with Gasteiger partial charge in [0.05, 0.1) is 0 Å². The molecule has 0 N–H and O–H groups in total. The molecule has 0 saturated carbocycles. The molecule has 364 valence electrons. The van der Waals surface area contributed by atoms with E-state index < -0.39 is 0 Å². The number of aryl methyl sites for hydroxylation is 2. The number of hydrogen-bond acceptors (Lipinski definition) is 0. The fraction of sp³-hybridized carbons (Fsp3) is 0.194. The minimum absolute atomic E-state index is 0. The fourth-order valence-electron chi connectivity index (χ4n) is 9.54. The Morgan fingerprint density at radius 3 is 1.40 bits per heavy atom. The molecule has 0 spiro atoms. The van der Waals surface area contributed by atoms with Crippen LogP contribution in [0.2, 0.25) is 10.0 Å². The first-order valence-corrected chi connectivity index (χ1v) is 26.5. The van der Waals surface area contributed by atoms with Crippen molar-refractivity contribution in [2.75, 3.05) is 0 Å². The Kier molecular flexibility index (Phi) is 19.4. The van der Waals surface area contributed by atoms with Gasteiger partial charge in [-0.1, -0.05) is 138 Å². The van der Waals surface area contributed by atoms with E-state index in [1.807, 2.05) is 78.9 Å². The second kappa shape index (κ2) is 24.8. The van der Waals surface area contributed by atoms with Gasteiger partial charge in [-0.05, 0) is 57.9 Å². The second-order valence-corrected chi connectivity index (χ2v) is 22.2. The van der Waals surface area contributed by atoms with Gasteiger partial charge in [-0.3, -0.25) is 0 Å². The molecule has 0 saturated heterocycles. The molecule has 0 nitrogen and oxygen atoms in total. The summed E-state index contributed by atoms with van der Waals surface area (Å²) in [6.07, 6.45) is 3.02. The zero-order chi connectivity index (χ0) is 49.6. The standard InChI is InChI=1S/C37H41.C25H16Cl2.C5H5.2ClH.Zr/c1-9-24-15-11-13-17-28(24)32-20-26-19-27-21-33(29-18-14-12-16-25(29)10-2)35(37(6,7)8)23-31(27)30(26)22-34(32)36(3,4)5;26-24-16-18(11-13-22(24)20-7-3-1-4-8-20)15-19-12-14-23(25(27)17-19)21-9-5-2-6-10-21;1-2-4-5-3-1;;;/h11-18,20,22-23H,9-10,19H2,1-8H3;1-14,16-17H;1-5H;2*1H;/q-1;;-1;;;+2/p-2. The van der Waals surface area contributed by atoms with Crippen LogP contribution < -0.4 is 24.8 Å². The van der Waals surface area contributed by atoms with E-state index in [0.29, 0.717) is 0 Å². The van der Waals surface area contributed by atoms with Gasteiger partial charge in [0.25, 0.3) is 0 Å². The maximum Gasteiger partial charge on any atom is -0.172 e. The Morgan fingerprint density at radius 2 is 0.944 bits per heavy atom. The Morgan fingerprint density at radius 1 is 0.486 bits per heavy atom.